The van der Waals surface area contributed by atoms with Gasteiger partial charge in [-0.25, -0.2) is 4.39 Å². The van der Waals surface area contributed by atoms with Gasteiger partial charge in [0.05, 0.1) is 13.5 Å². The fourth-order valence-electron chi connectivity index (χ4n) is 2.13. The lowest BCUT2D eigenvalue weighted by Crippen LogP contribution is -2.27. The molecule has 2 aromatic rings. The number of benzene rings is 2. The third-order valence-electron chi connectivity index (χ3n) is 3.27. The van der Waals surface area contributed by atoms with E-state index in [2.05, 4.69) is 0 Å². The number of likely N-dealkylation sites (N-methyl/N-ethyl adjacent to an activating group) is 1. The fourth-order valence-corrected chi connectivity index (χ4v) is 2.13. The van der Waals surface area contributed by atoms with Gasteiger partial charge in [-0.05, 0) is 23.8 Å². The van der Waals surface area contributed by atoms with Crippen LogP contribution in [0.5, 0.6) is 5.75 Å². The third-order valence-corrected chi connectivity index (χ3v) is 3.27. The Labute approximate surface area is 124 Å². The van der Waals surface area contributed by atoms with Gasteiger partial charge >= 0.3 is 0 Å². The molecule has 0 fully saturated rings. The SMILES string of the molecule is COc1ccccc1CN(C)C(=O)Cc1cccc(F)c1. The van der Waals surface area contributed by atoms with Crippen LogP contribution in [0.1, 0.15) is 11.1 Å². The van der Waals surface area contributed by atoms with Gasteiger partial charge in [-0.15, -0.1) is 0 Å². The number of para-hydroxylation sites is 1. The maximum Gasteiger partial charge on any atom is 0.227 e. The van der Waals surface area contributed by atoms with Gasteiger partial charge in [-0.3, -0.25) is 4.79 Å². The Kier molecular flexibility index (Phi) is 4.93. The number of carbonyl (C=O) groups excluding carboxylic acids is 1. The number of amides is 1. The van der Waals surface area contributed by atoms with Crippen LogP contribution in [0.2, 0.25) is 0 Å². The van der Waals surface area contributed by atoms with Crippen molar-refractivity contribution in [2.45, 2.75) is 13.0 Å². The molecule has 0 heterocycles. The van der Waals surface area contributed by atoms with Crippen LogP contribution in [-0.2, 0) is 17.8 Å². The third kappa shape index (κ3) is 4.05. The zero-order chi connectivity index (χ0) is 15.2. The smallest absolute Gasteiger partial charge is 0.227 e. The first-order chi connectivity index (χ1) is 10.1. The molecule has 4 heteroatoms. The first-order valence-electron chi connectivity index (χ1n) is 6.70. The topological polar surface area (TPSA) is 29.5 Å². The molecule has 0 radical (unpaired) electrons. The van der Waals surface area contributed by atoms with Gasteiger partial charge < -0.3 is 9.64 Å². The summed E-state index contributed by atoms with van der Waals surface area (Å²) in [6, 6.07) is 13.7. The van der Waals surface area contributed by atoms with Crippen LogP contribution in [0.25, 0.3) is 0 Å². The second-order valence-electron chi connectivity index (χ2n) is 4.87. The normalized spacial score (nSPS) is 10.2. The minimum atomic E-state index is -0.326. The summed E-state index contributed by atoms with van der Waals surface area (Å²) in [6.07, 6.45) is 0.184. The largest absolute Gasteiger partial charge is 0.496 e. The summed E-state index contributed by atoms with van der Waals surface area (Å²) in [5.41, 5.74) is 1.61. The fraction of sp³-hybridized carbons (Fsp3) is 0.235. The molecule has 0 aliphatic carbocycles. The molecule has 21 heavy (non-hydrogen) atoms. The van der Waals surface area contributed by atoms with Crippen molar-refractivity contribution < 1.29 is 13.9 Å². The van der Waals surface area contributed by atoms with Crippen molar-refractivity contribution in [1.29, 1.82) is 0 Å². The second-order valence-corrected chi connectivity index (χ2v) is 4.87. The number of hydrogen-bond acceptors (Lipinski definition) is 2. The number of rotatable bonds is 5. The predicted octanol–water partition coefficient (Wildman–Crippen LogP) is 3.04. The summed E-state index contributed by atoms with van der Waals surface area (Å²) in [5.74, 6) is 0.363. The quantitative estimate of drug-likeness (QED) is 0.846. The minimum Gasteiger partial charge on any atom is -0.496 e. The molecule has 0 spiro atoms. The van der Waals surface area contributed by atoms with Crippen LogP contribution in [-0.4, -0.2) is 25.0 Å². The molecule has 0 saturated heterocycles. The monoisotopic (exact) mass is 287 g/mol. The van der Waals surface area contributed by atoms with Gasteiger partial charge in [-0.1, -0.05) is 30.3 Å². The van der Waals surface area contributed by atoms with E-state index in [-0.39, 0.29) is 18.1 Å². The van der Waals surface area contributed by atoms with Crippen molar-refractivity contribution in [2.75, 3.05) is 14.2 Å². The highest BCUT2D eigenvalue weighted by Gasteiger charge is 2.12. The Bertz CT molecular complexity index is 628. The number of nitrogens with zero attached hydrogens (tertiary/aromatic N) is 1. The summed E-state index contributed by atoms with van der Waals surface area (Å²) in [7, 11) is 3.33. The first kappa shape index (κ1) is 15.0. The number of ether oxygens (including phenoxy) is 1. The summed E-state index contributed by atoms with van der Waals surface area (Å²) >= 11 is 0. The van der Waals surface area contributed by atoms with Crippen molar-refractivity contribution >= 4 is 5.91 Å². The van der Waals surface area contributed by atoms with E-state index >= 15 is 0 Å². The average Bonchev–Trinajstić information content (AvgIpc) is 2.47. The van der Waals surface area contributed by atoms with Crippen molar-refractivity contribution in [3.05, 3.63) is 65.5 Å². The summed E-state index contributed by atoms with van der Waals surface area (Å²) in [4.78, 5) is 13.8. The molecular formula is C17H18FNO2. The summed E-state index contributed by atoms with van der Waals surface area (Å²) in [6.45, 7) is 0.457. The second kappa shape index (κ2) is 6.88. The minimum absolute atomic E-state index is 0.0634. The van der Waals surface area contributed by atoms with Gasteiger partial charge in [0.15, 0.2) is 0 Å². The Hall–Kier alpha value is -2.36. The zero-order valence-corrected chi connectivity index (χ0v) is 12.2. The van der Waals surface area contributed by atoms with Gasteiger partial charge in [0.25, 0.3) is 0 Å². The van der Waals surface area contributed by atoms with E-state index in [0.717, 1.165) is 11.3 Å². The Morgan fingerprint density at radius 3 is 2.67 bits per heavy atom. The number of carbonyl (C=O) groups is 1. The molecule has 1 amide bonds. The summed E-state index contributed by atoms with van der Waals surface area (Å²) in [5, 5.41) is 0. The first-order valence-corrected chi connectivity index (χ1v) is 6.70. The number of halogens is 1. The zero-order valence-electron chi connectivity index (χ0n) is 12.2. The van der Waals surface area contributed by atoms with Crippen LogP contribution >= 0.6 is 0 Å². The Balaban J connectivity index is 2.02. The molecule has 0 aliphatic rings. The van der Waals surface area contributed by atoms with Crippen LogP contribution in [0.4, 0.5) is 4.39 Å². The molecule has 2 rings (SSSR count). The maximum atomic E-state index is 13.1. The Morgan fingerprint density at radius 1 is 1.19 bits per heavy atom. The van der Waals surface area contributed by atoms with E-state index in [0.29, 0.717) is 12.1 Å². The number of hydrogen-bond donors (Lipinski definition) is 0. The molecule has 0 aliphatic heterocycles. The molecule has 0 unspecified atom stereocenters. The molecule has 110 valence electrons. The van der Waals surface area contributed by atoms with Crippen molar-refractivity contribution in [2.24, 2.45) is 0 Å². The van der Waals surface area contributed by atoms with Crippen LogP contribution in [0.3, 0.4) is 0 Å². The van der Waals surface area contributed by atoms with Gasteiger partial charge in [-0.2, -0.15) is 0 Å². The van der Waals surface area contributed by atoms with Crippen molar-refractivity contribution in [3.8, 4) is 5.75 Å². The standard InChI is InChI=1S/C17H18FNO2/c1-19(12-14-7-3-4-9-16(14)21-2)17(20)11-13-6-5-8-15(18)10-13/h3-10H,11-12H2,1-2H3. The van der Waals surface area contributed by atoms with Gasteiger partial charge in [0, 0.05) is 19.2 Å². The molecular weight excluding hydrogens is 269 g/mol. The van der Waals surface area contributed by atoms with Crippen LogP contribution < -0.4 is 4.74 Å². The van der Waals surface area contributed by atoms with Crippen molar-refractivity contribution in [1.82, 2.24) is 4.90 Å². The molecule has 2 aromatic carbocycles. The maximum absolute atomic E-state index is 13.1. The van der Waals surface area contributed by atoms with Crippen LogP contribution in [0, 0.1) is 5.82 Å². The molecule has 3 nitrogen and oxygen atoms in total. The van der Waals surface area contributed by atoms with E-state index in [1.54, 1.807) is 31.2 Å². The predicted molar refractivity (Wildman–Crippen MR) is 79.6 cm³/mol. The molecule has 0 saturated carbocycles. The average molecular weight is 287 g/mol. The highest BCUT2D eigenvalue weighted by atomic mass is 19.1. The number of methoxy groups -OCH3 is 1. The molecule has 0 aromatic heterocycles. The molecule has 0 atom stereocenters. The highest BCUT2D eigenvalue weighted by Crippen LogP contribution is 2.19. The Morgan fingerprint density at radius 2 is 1.95 bits per heavy atom. The van der Waals surface area contributed by atoms with Gasteiger partial charge in [0.1, 0.15) is 11.6 Å². The van der Waals surface area contributed by atoms with Crippen molar-refractivity contribution in [3.63, 3.8) is 0 Å². The van der Waals surface area contributed by atoms with E-state index in [1.807, 2.05) is 24.3 Å². The lowest BCUT2D eigenvalue weighted by Gasteiger charge is -2.19. The van der Waals surface area contributed by atoms with E-state index in [4.69, 9.17) is 4.74 Å². The van der Waals surface area contributed by atoms with E-state index in [9.17, 15) is 9.18 Å². The lowest BCUT2D eigenvalue weighted by atomic mass is 10.1. The molecule has 0 N–H and O–H groups in total. The summed E-state index contributed by atoms with van der Waals surface area (Å²) < 4.78 is 18.4. The van der Waals surface area contributed by atoms with E-state index in [1.165, 1.54) is 12.1 Å². The van der Waals surface area contributed by atoms with Gasteiger partial charge in [0.2, 0.25) is 5.91 Å². The molecule has 0 bridgehead atoms. The van der Waals surface area contributed by atoms with Crippen LogP contribution in [0.15, 0.2) is 48.5 Å². The van der Waals surface area contributed by atoms with E-state index < -0.39 is 0 Å². The lowest BCUT2D eigenvalue weighted by molar-refractivity contribution is -0.129. The highest BCUT2D eigenvalue weighted by molar-refractivity contribution is 5.78.